The molecule has 2 unspecified atom stereocenters. The lowest BCUT2D eigenvalue weighted by Crippen LogP contribution is -2.44. The van der Waals surface area contributed by atoms with E-state index in [1.165, 1.54) is 13.5 Å². The third kappa shape index (κ3) is 5.46. The number of hydrogen-bond acceptors (Lipinski definition) is 4. The Morgan fingerprint density at radius 3 is 2.40 bits per heavy atom. The van der Waals surface area contributed by atoms with Crippen molar-refractivity contribution >= 4 is 11.9 Å². The Kier molecular flexibility index (Phi) is 7.54. The maximum atomic E-state index is 12.0. The summed E-state index contributed by atoms with van der Waals surface area (Å²) >= 11 is 0. The highest BCUT2D eigenvalue weighted by atomic mass is 16.5. The van der Waals surface area contributed by atoms with Gasteiger partial charge in [-0.1, -0.05) is 26.2 Å². The summed E-state index contributed by atoms with van der Waals surface area (Å²) in [4.78, 5) is 22.8. The average molecular weight is 287 g/mol. The summed E-state index contributed by atoms with van der Waals surface area (Å²) in [6.45, 7) is 1.84. The molecule has 0 bridgehead atoms. The van der Waals surface area contributed by atoms with E-state index in [1.807, 2.05) is 6.92 Å². The quantitative estimate of drug-likeness (QED) is 0.703. The molecule has 1 aliphatic rings. The summed E-state index contributed by atoms with van der Waals surface area (Å²) in [5.41, 5.74) is 0. The molecule has 1 rings (SSSR count). The first-order valence-electron chi connectivity index (χ1n) is 7.27. The van der Waals surface area contributed by atoms with Gasteiger partial charge in [0.05, 0.1) is 12.6 Å². The van der Waals surface area contributed by atoms with Crippen LogP contribution in [0.2, 0.25) is 0 Å². The van der Waals surface area contributed by atoms with Crippen LogP contribution in [0.3, 0.4) is 0 Å². The zero-order chi connectivity index (χ0) is 15.0. The minimum Gasteiger partial charge on any atom is -0.479 e. The number of carbonyl (C=O) groups excluding carboxylic acids is 1. The van der Waals surface area contributed by atoms with Crippen molar-refractivity contribution in [2.75, 3.05) is 13.7 Å². The highest BCUT2D eigenvalue weighted by molar-refractivity contribution is 5.81. The second-order valence-corrected chi connectivity index (χ2v) is 5.10. The van der Waals surface area contributed by atoms with E-state index in [2.05, 4.69) is 5.32 Å². The minimum atomic E-state index is -1.09. The molecule has 1 fully saturated rings. The van der Waals surface area contributed by atoms with Gasteiger partial charge in [-0.2, -0.15) is 0 Å². The molecule has 0 spiro atoms. The van der Waals surface area contributed by atoms with Crippen molar-refractivity contribution in [3.63, 3.8) is 0 Å². The molecule has 1 amide bonds. The zero-order valence-electron chi connectivity index (χ0n) is 12.3. The lowest BCUT2D eigenvalue weighted by Gasteiger charge is -2.26. The second-order valence-electron chi connectivity index (χ2n) is 5.10. The summed E-state index contributed by atoms with van der Waals surface area (Å²) in [6.07, 6.45) is 4.72. The fourth-order valence-corrected chi connectivity index (χ4v) is 2.36. The lowest BCUT2D eigenvalue weighted by molar-refractivity contribution is -0.149. The van der Waals surface area contributed by atoms with E-state index in [0.29, 0.717) is 6.42 Å². The lowest BCUT2D eigenvalue weighted by atomic mass is 9.97. The summed E-state index contributed by atoms with van der Waals surface area (Å²) in [6, 6.07) is 0. The number of ether oxygens (including phenoxy) is 2. The molecule has 116 valence electrons. The van der Waals surface area contributed by atoms with Crippen LogP contribution in [0.4, 0.5) is 0 Å². The van der Waals surface area contributed by atoms with Crippen LogP contribution < -0.4 is 5.32 Å². The first-order valence-corrected chi connectivity index (χ1v) is 7.27. The van der Waals surface area contributed by atoms with Crippen molar-refractivity contribution in [2.24, 2.45) is 0 Å². The standard InChI is InChI=1S/C14H25NO5/c1-3-11(20-10-7-5-4-6-8-10)13(16)15-9-12(19-2)14(17)18/h10-12H,3-9H2,1-2H3,(H,15,16)(H,17,18). The van der Waals surface area contributed by atoms with Crippen LogP contribution in [0, 0.1) is 0 Å². The Hall–Kier alpha value is -1.14. The third-order valence-electron chi connectivity index (χ3n) is 3.59. The van der Waals surface area contributed by atoms with Crippen molar-refractivity contribution in [3.8, 4) is 0 Å². The molecule has 2 atom stereocenters. The number of nitrogens with one attached hydrogen (secondary N) is 1. The zero-order valence-corrected chi connectivity index (χ0v) is 12.3. The van der Waals surface area contributed by atoms with Gasteiger partial charge in [-0.15, -0.1) is 0 Å². The van der Waals surface area contributed by atoms with E-state index in [9.17, 15) is 9.59 Å². The summed E-state index contributed by atoms with van der Waals surface area (Å²) in [5, 5.41) is 11.4. The number of methoxy groups -OCH3 is 1. The second kappa shape index (κ2) is 8.92. The molecule has 6 heteroatoms. The maximum absolute atomic E-state index is 12.0. The predicted octanol–water partition coefficient (Wildman–Crippen LogP) is 1.33. The van der Waals surface area contributed by atoms with Crippen LogP contribution in [-0.2, 0) is 19.1 Å². The van der Waals surface area contributed by atoms with Crippen LogP contribution in [0.15, 0.2) is 0 Å². The molecule has 0 aliphatic heterocycles. The van der Waals surface area contributed by atoms with Gasteiger partial charge in [0.2, 0.25) is 5.91 Å². The van der Waals surface area contributed by atoms with E-state index in [4.69, 9.17) is 14.6 Å². The molecule has 0 radical (unpaired) electrons. The Labute approximate surface area is 119 Å². The van der Waals surface area contributed by atoms with Gasteiger partial charge in [-0.25, -0.2) is 4.79 Å². The normalized spacial score (nSPS) is 19.3. The third-order valence-corrected chi connectivity index (χ3v) is 3.59. The van der Waals surface area contributed by atoms with Crippen molar-refractivity contribution < 1.29 is 24.2 Å². The van der Waals surface area contributed by atoms with Crippen molar-refractivity contribution in [3.05, 3.63) is 0 Å². The molecule has 0 heterocycles. The van der Waals surface area contributed by atoms with Gasteiger partial charge in [0.15, 0.2) is 6.10 Å². The van der Waals surface area contributed by atoms with Gasteiger partial charge < -0.3 is 19.9 Å². The molecule has 1 saturated carbocycles. The summed E-state index contributed by atoms with van der Waals surface area (Å²) in [7, 11) is 1.31. The molecule has 0 aromatic rings. The molecule has 1 aliphatic carbocycles. The molecule has 0 aromatic heterocycles. The van der Waals surface area contributed by atoms with E-state index in [0.717, 1.165) is 25.7 Å². The summed E-state index contributed by atoms with van der Waals surface area (Å²) in [5.74, 6) is -1.35. The number of rotatable bonds is 8. The highest BCUT2D eigenvalue weighted by Crippen LogP contribution is 2.22. The molecule has 2 N–H and O–H groups in total. The largest absolute Gasteiger partial charge is 0.479 e. The number of hydrogen-bond donors (Lipinski definition) is 2. The van der Waals surface area contributed by atoms with Crippen LogP contribution in [0.5, 0.6) is 0 Å². The molecule has 0 saturated heterocycles. The average Bonchev–Trinajstić information content (AvgIpc) is 2.45. The van der Waals surface area contributed by atoms with Crippen LogP contribution >= 0.6 is 0 Å². The van der Waals surface area contributed by atoms with Gasteiger partial charge in [0.1, 0.15) is 6.10 Å². The van der Waals surface area contributed by atoms with E-state index in [1.54, 1.807) is 0 Å². The Morgan fingerprint density at radius 2 is 1.90 bits per heavy atom. The van der Waals surface area contributed by atoms with E-state index >= 15 is 0 Å². The maximum Gasteiger partial charge on any atom is 0.334 e. The molecule has 6 nitrogen and oxygen atoms in total. The van der Waals surface area contributed by atoms with Crippen molar-refractivity contribution in [2.45, 2.75) is 63.8 Å². The smallest absolute Gasteiger partial charge is 0.334 e. The number of amides is 1. The molecule has 20 heavy (non-hydrogen) atoms. The Morgan fingerprint density at radius 1 is 1.25 bits per heavy atom. The van der Waals surface area contributed by atoms with Gasteiger partial charge in [-0.05, 0) is 19.3 Å². The Bertz CT molecular complexity index is 315. The van der Waals surface area contributed by atoms with Gasteiger partial charge in [0, 0.05) is 7.11 Å². The number of aliphatic carboxylic acids is 1. The van der Waals surface area contributed by atoms with Crippen LogP contribution in [0.1, 0.15) is 45.4 Å². The first-order chi connectivity index (χ1) is 9.58. The predicted molar refractivity (Wildman–Crippen MR) is 73.5 cm³/mol. The van der Waals surface area contributed by atoms with Gasteiger partial charge in [-0.3, -0.25) is 4.79 Å². The van der Waals surface area contributed by atoms with Crippen LogP contribution in [-0.4, -0.2) is 48.9 Å². The first kappa shape index (κ1) is 16.9. The van der Waals surface area contributed by atoms with E-state index in [-0.39, 0.29) is 18.6 Å². The number of carboxylic acids is 1. The topological polar surface area (TPSA) is 84.9 Å². The molecule has 0 aromatic carbocycles. The van der Waals surface area contributed by atoms with Crippen molar-refractivity contribution in [1.29, 1.82) is 0 Å². The SMILES string of the molecule is CCC(OC1CCCCC1)C(=O)NCC(OC)C(=O)O. The minimum absolute atomic E-state index is 0.0464. The number of carbonyl (C=O) groups is 2. The van der Waals surface area contributed by atoms with Crippen molar-refractivity contribution in [1.82, 2.24) is 5.32 Å². The fourth-order valence-electron chi connectivity index (χ4n) is 2.36. The van der Waals surface area contributed by atoms with Gasteiger partial charge in [0.25, 0.3) is 0 Å². The summed E-state index contributed by atoms with van der Waals surface area (Å²) < 4.78 is 10.6. The Balaban J connectivity index is 2.39. The van der Waals surface area contributed by atoms with E-state index < -0.39 is 18.2 Å². The number of carboxylic acid groups (broad SMARTS) is 1. The molecular weight excluding hydrogens is 262 g/mol. The van der Waals surface area contributed by atoms with Crippen LogP contribution in [0.25, 0.3) is 0 Å². The fraction of sp³-hybridized carbons (Fsp3) is 0.857. The highest BCUT2D eigenvalue weighted by Gasteiger charge is 2.25. The monoisotopic (exact) mass is 287 g/mol. The van der Waals surface area contributed by atoms with Gasteiger partial charge >= 0.3 is 5.97 Å². The molecular formula is C14H25NO5.